The van der Waals surface area contributed by atoms with Gasteiger partial charge in [-0.05, 0) is 44.2 Å². The fourth-order valence-electron chi connectivity index (χ4n) is 3.04. The number of hydrogen-bond donors (Lipinski definition) is 2. The van der Waals surface area contributed by atoms with Crippen LogP contribution in [0, 0.1) is 13.8 Å². The average molecular weight is 443 g/mol. The number of fused-ring (bicyclic) bond motifs is 1. The number of nitrogens with zero attached hydrogens (tertiary/aromatic N) is 2. The number of carbonyl (C=O) groups is 1. The summed E-state index contributed by atoms with van der Waals surface area (Å²) in [5.74, 6) is -0.425. The van der Waals surface area contributed by atoms with Crippen molar-refractivity contribution in [2.45, 2.75) is 13.8 Å². The number of aryl methyl sites for hydroxylation is 2. The molecule has 4 rings (SSSR count). The number of amides is 1. The van der Waals surface area contributed by atoms with Crippen LogP contribution < -0.4 is 10.0 Å². The molecule has 0 atom stereocenters. The van der Waals surface area contributed by atoms with Gasteiger partial charge in [-0.3, -0.25) is 9.52 Å². The molecule has 2 N–H and O–H groups in total. The van der Waals surface area contributed by atoms with Gasteiger partial charge < -0.3 is 9.84 Å². The first kappa shape index (κ1) is 20.0. The van der Waals surface area contributed by atoms with Crippen LogP contribution in [-0.4, -0.2) is 30.7 Å². The molecular formula is C20H18N4O4S2. The molecule has 3 heterocycles. The maximum Gasteiger partial charge on any atom is 0.259 e. The molecule has 1 amide bonds. The Kier molecular flexibility index (Phi) is 5.04. The highest BCUT2D eigenvalue weighted by Crippen LogP contribution is 2.32. The summed E-state index contributed by atoms with van der Waals surface area (Å²) in [7, 11) is -3.51. The van der Waals surface area contributed by atoms with Crippen LogP contribution in [0.25, 0.3) is 21.7 Å². The molecule has 30 heavy (non-hydrogen) atoms. The summed E-state index contributed by atoms with van der Waals surface area (Å²) in [6.07, 6.45) is 1.05. The van der Waals surface area contributed by atoms with Crippen molar-refractivity contribution in [3.63, 3.8) is 0 Å². The van der Waals surface area contributed by atoms with Gasteiger partial charge in [-0.15, -0.1) is 11.3 Å². The highest BCUT2D eigenvalue weighted by atomic mass is 32.2. The summed E-state index contributed by atoms with van der Waals surface area (Å²) < 4.78 is 31.0. The maximum atomic E-state index is 13.2. The number of hydrogen-bond acceptors (Lipinski definition) is 7. The quantitative estimate of drug-likeness (QED) is 0.479. The van der Waals surface area contributed by atoms with E-state index in [2.05, 4.69) is 20.2 Å². The molecule has 0 radical (unpaired) electrons. The van der Waals surface area contributed by atoms with Gasteiger partial charge >= 0.3 is 0 Å². The van der Waals surface area contributed by atoms with Gasteiger partial charge in [-0.1, -0.05) is 17.3 Å². The first-order valence-electron chi connectivity index (χ1n) is 8.93. The first-order chi connectivity index (χ1) is 14.2. The van der Waals surface area contributed by atoms with E-state index in [0.29, 0.717) is 28.0 Å². The second-order valence-corrected chi connectivity index (χ2v) is 9.82. The lowest BCUT2D eigenvalue weighted by Gasteiger charge is -2.12. The van der Waals surface area contributed by atoms with Gasteiger partial charge in [-0.2, -0.15) is 0 Å². The first-order valence-corrected chi connectivity index (χ1v) is 11.6. The summed E-state index contributed by atoms with van der Waals surface area (Å²) in [6, 6.07) is 12.2. The summed E-state index contributed by atoms with van der Waals surface area (Å²) >= 11 is 1.56. The summed E-state index contributed by atoms with van der Waals surface area (Å²) in [4.78, 5) is 19.7. The van der Waals surface area contributed by atoms with E-state index in [4.69, 9.17) is 4.52 Å². The summed E-state index contributed by atoms with van der Waals surface area (Å²) in [6.45, 7) is 3.73. The Morgan fingerprint density at radius 3 is 2.50 bits per heavy atom. The third kappa shape index (κ3) is 4.05. The van der Waals surface area contributed by atoms with Crippen LogP contribution in [0.4, 0.5) is 11.4 Å². The normalized spacial score (nSPS) is 11.6. The lowest BCUT2D eigenvalue weighted by Crippen LogP contribution is -2.16. The topological polar surface area (TPSA) is 114 Å². The number of nitrogens with one attached hydrogen (secondary N) is 2. The lowest BCUT2D eigenvalue weighted by atomic mass is 10.1. The third-order valence-electron chi connectivity index (χ3n) is 4.33. The van der Waals surface area contributed by atoms with E-state index in [1.807, 2.05) is 19.1 Å². The van der Waals surface area contributed by atoms with E-state index >= 15 is 0 Å². The van der Waals surface area contributed by atoms with Crippen molar-refractivity contribution in [3.8, 4) is 10.6 Å². The lowest BCUT2D eigenvalue weighted by molar-refractivity contribution is 0.102. The van der Waals surface area contributed by atoms with Crippen LogP contribution in [0.15, 0.2) is 47.0 Å². The fraction of sp³-hybridized carbons (Fsp3) is 0.150. The number of rotatable bonds is 5. The SMILES string of the molecule is Cc1ccc(-c2cc(C(=O)Nc3ccccc3NS(C)(=O)=O)c3c(C)noc3n2)s1. The Morgan fingerprint density at radius 1 is 1.10 bits per heavy atom. The summed E-state index contributed by atoms with van der Waals surface area (Å²) in [5.41, 5.74) is 2.36. The van der Waals surface area contributed by atoms with Crippen LogP contribution in [0.1, 0.15) is 20.9 Å². The molecule has 0 aliphatic heterocycles. The smallest absolute Gasteiger partial charge is 0.259 e. The Labute approximate surface area is 177 Å². The molecule has 10 heteroatoms. The van der Waals surface area contributed by atoms with Crippen molar-refractivity contribution in [1.82, 2.24) is 10.1 Å². The molecule has 0 fully saturated rings. The number of anilines is 2. The summed E-state index contributed by atoms with van der Waals surface area (Å²) in [5, 5.41) is 7.24. The van der Waals surface area contributed by atoms with Crippen molar-refractivity contribution in [2.75, 3.05) is 16.3 Å². The van der Waals surface area contributed by atoms with Gasteiger partial charge in [0.15, 0.2) is 0 Å². The van der Waals surface area contributed by atoms with E-state index in [9.17, 15) is 13.2 Å². The van der Waals surface area contributed by atoms with Gasteiger partial charge in [0.2, 0.25) is 10.0 Å². The predicted octanol–water partition coefficient (Wildman–Crippen LogP) is 4.19. The largest absolute Gasteiger partial charge is 0.335 e. The number of thiophene rings is 1. The van der Waals surface area contributed by atoms with Gasteiger partial charge in [0.1, 0.15) is 0 Å². The van der Waals surface area contributed by atoms with E-state index in [0.717, 1.165) is 16.0 Å². The molecule has 0 bridgehead atoms. The zero-order valence-corrected chi connectivity index (χ0v) is 18.0. The highest BCUT2D eigenvalue weighted by Gasteiger charge is 2.21. The molecule has 3 aromatic heterocycles. The predicted molar refractivity (Wildman–Crippen MR) is 117 cm³/mol. The number of carbonyl (C=O) groups excluding carboxylic acids is 1. The molecule has 4 aromatic rings. The molecule has 0 spiro atoms. The second kappa shape index (κ2) is 7.54. The number of para-hydroxylation sites is 2. The van der Waals surface area contributed by atoms with Crippen molar-refractivity contribution in [1.29, 1.82) is 0 Å². The van der Waals surface area contributed by atoms with E-state index in [-0.39, 0.29) is 11.4 Å². The highest BCUT2D eigenvalue weighted by molar-refractivity contribution is 7.92. The van der Waals surface area contributed by atoms with Crippen molar-refractivity contribution in [3.05, 3.63) is 58.6 Å². The number of aromatic nitrogens is 2. The minimum Gasteiger partial charge on any atom is -0.335 e. The second-order valence-electron chi connectivity index (χ2n) is 6.79. The van der Waals surface area contributed by atoms with Crippen LogP contribution >= 0.6 is 11.3 Å². The Bertz CT molecular complexity index is 1370. The molecule has 0 aliphatic rings. The zero-order valence-electron chi connectivity index (χ0n) is 16.4. The molecule has 1 aromatic carbocycles. The van der Waals surface area contributed by atoms with E-state index in [1.165, 1.54) is 0 Å². The van der Waals surface area contributed by atoms with Crippen molar-refractivity contribution >= 4 is 49.7 Å². The minimum absolute atomic E-state index is 0.267. The Hall–Kier alpha value is -3.24. The molecule has 0 saturated heterocycles. The Morgan fingerprint density at radius 2 is 1.83 bits per heavy atom. The maximum absolute atomic E-state index is 13.2. The molecule has 0 unspecified atom stereocenters. The van der Waals surface area contributed by atoms with Gasteiger partial charge in [-0.25, -0.2) is 13.4 Å². The molecule has 0 saturated carbocycles. The van der Waals surface area contributed by atoms with Crippen LogP contribution in [0.3, 0.4) is 0 Å². The molecular weight excluding hydrogens is 424 g/mol. The van der Waals surface area contributed by atoms with Gasteiger partial charge in [0.05, 0.1) is 44.8 Å². The van der Waals surface area contributed by atoms with Crippen molar-refractivity contribution in [2.24, 2.45) is 0 Å². The minimum atomic E-state index is -3.51. The monoisotopic (exact) mass is 442 g/mol. The number of benzene rings is 1. The standard InChI is InChI=1S/C20H18N4O4S2/c1-11-8-9-17(29-11)16-10-13(18-12(2)23-28-20(18)22-16)19(25)21-14-6-4-5-7-15(14)24-30(3,26)27/h4-10,24H,1-3H3,(H,21,25). The van der Waals surface area contributed by atoms with Gasteiger partial charge in [0.25, 0.3) is 11.6 Å². The van der Waals surface area contributed by atoms with Crippen LogP contribution in [0.2, 0.25) is 0 Å². The van der Waals surface area contributed by atoms with E-state index in [1.54, 1.807) is 48.6 Å². The van der Waals surface area contributed by atoms with Gasteiger partial charge in [0, 0.05) is 4.88 Å². The zero-order chi connectivity index (χ0) is 21.5. The molecule has 154 valence electrons. The molecule has 8 nitrogen and oxygen atoms in total. The van der Waals surface area contributed by atoms with E-state index < -0.39 is 15.9 Å². The van der Waals surface area contributed by atoms with Crippen LogP contribution in [0.5, 0.6) is 0 Å². The fourth-order valence-corrected chi connectivity index (χ4v) is 4.45. The Balaban J connectivity index is 1.78. The number of sulfonamides is 1. The number of pyridine rings is 1. The van der Waals surface area contributed by atoms with Crippen LogP contribution in [-0.2, 0) is 10.0 Å². The van der Waals surface area contributed by atoms with Crippen molar-refractivity contribution < 1.29 is 17.7 Å². The average Bonchev–Trinajstić information content (AvgIpc) is 3.27. The third-order valence-corrected chi connectivity index (χ3v) is 5.94. The molecule has 0 aliphatic carbocycles.